The van der Waals surface area contributed by atoms with Crippen molar-refractivity contribution in [3.05, 3.63) is 26.6 Å². The molecule has 0 fully saturated rings. The van der Waals surface area contributed by atoms with Gasteiger partial charge in [-0.15, -0.1) is 11.3 Å². The van der Waals surface area contributed by atoms with Crippen molar-refractivity contribution in [3.8, 4) is 0 Å². The van der Waals surface area contributed by atoms with Gasteiger partial charge in [0.15, 0.2) is 0 Å². The Bertz CT molecular complexity index is 710. The average molecular weight is 325 g/mol. The van der Waals surface area contributed by atoms with Gasteiger partial charge in [0.1, 0.15) is 10.7 Å². The second-order valence-electron chi connectivity index (χ2n) is 5.64. The van der Waals surface area contributed by atoms with Gasteiger partial charge in [0, 0.05) is 18.5 Å². The average Bonchev–Trinajstić information content (AvgIpc) is 2.73. The number of hydrogen-bond acceptors (Lipinski definition) is 6. The zero-order chi connectivity index (χ0) is 16.4. The van der Waals surface area contributed by atoms with Gasteiger partial charge >= 0.3 is 0 Å². The Morgan fingerprint density at radius 1 is 1.45 bits per heavy atom. The highest BCUT2D eigenvalue weighted by atomic mass is 32.1. The molecule has 2 heterocycles. The molecule has 2 aromatic heterocycles. The molecular formula is C15H23N3O3S. The molecule has 122 valence electrons. The molecule has 2 unspecified atom stereocenters. The molecule has 22 heavy (non-hydrogen) atoms. The molecule has 0 aromatic carbocycles. The number of methoxy groups -OCH3 is 1. The standard InChI is InChI=1S/C15H23N3O3S/c1-8-10(3)22-15-12(8)14(20)16-13(17-15)9(2)18(4)6-11(19)7-21-5/h9,11,19H,6-7H2,1-5H3,(H,16,17,20). The topological polar surface area (TPSA) is 78.5 Å². The highest BCUT2D eigenvalue weighted by Crippen LogP contribution is 2.27. The number of nitrogens with zero attached hydrogens (tertiary/aromatic N) is 2. The van der Waals surface area contributed by atoms with Crippen LogP contribution in [0.2, 0.25) is 0 Å². The van der Waals surface area contributed by atoms with Gasteiger partial charge in [-0.3, -0.25) is 9.69 Å². The maximum atomic E-state index is 12.3. The van der Waals surface area contributed by atoms with Crippen LogP contribution in [0.3, 0.4) is 0 Å². The molecule has 0 spiro atoms. The van der Waals surface area contributed by atoms with Crippen LogP contribution in [-0.4, -0.2) is 53.4 Å². The Hall–Kier alpha value is -1.28. The van der Waals surface area contributed by atoms with Crippen LogP contribution in [0, 0.1) is 13.8 Å². The Balaban J connectivity index is 2.28. The van der Waals surface area contributed by atoms with Gasteiger partial charge in [0.05, 0.1) is 24.1 Å². The van der Waals surface area contributed by atoms with Crippen LogP contribution in [0.15, 0.2) is 4.79 Å². The highest BCUT2D eigenvalue weighted by Gasteiger charge is 2.19. The van der Waals surface area contributed by atoms with Crippen LogP contribution >= 0.6 is 11.3 Å². The third-order valence-corrected chi connectivity index (χ3v) is 5.07. The van der Waals surface area contributed by atoms with Crippen molar-refractivity contribution in [3.63, 3.8) is 0 Å². The summed E-state index contributed by atoms with van der Waals surface area (Å²) in [6.07, 6.45) is -0.570. The number of aliphatic hydroxyl groups is 1. The Morgan fingerprint density at radius 3 is 2.77 bits per heavy atom. The quantitative estimate of drug-likeness (QED) is 0.843. The molecule has 2 atom stereocenters. The fraction of sp³-hybridized carbons (Fsp3) is 0.600. The number of aliphatic hydroxyl groups excluding tert-OH is 1. The third-order valence-electron chi connectivity index (χ3n) is 3.97. The van der Waals surface area contributed by atoms with Gasteiger partial charge in [-0.1, -0.05) is 0 Å². The molecule has 0 saturated heterocycles. The summed E-state index contributed by atoms with van der Waals surface area (Å²) in [5.41, 5.74) is 0.899. The predicted octanol–water partition coefficient (Wildman–Crippen LogP) is 1.60. The summed E-state index contributed by atoms with van der Waals surface area (Å²) in [6.45, 7) is 6.62. The number of hydrogen-bond donors (Lipinski definition) is 2. The lowest BCUT2D eigenvalue weighted by molar-refractivity contribution is 0.0350. The van der Waals surface area contributed by atoms with Gasteiger partial charge < -0.3 is 14.8 Å². The molecule has 0 aliphatic heterocycles. The molecule has 0 radical (unpaired) electrons. The zero-order valence-electron chi connectivity index (χ0n) is 13.6. The molecule has 0 aliphatic rings. The van der Waals surface area contributed by atoms with Gasteiger partial charge in [-0.25, -0.2) is 4.98 Å². The Morgan fingerprint density at radius 2 is 2.14 bits per heavy atom. The van der Waals surface area contributed by atoms with E-state index in [4.69, 9.17) is 4.74 Å². The Labute approximate surface area is 133 Å². The summed E-state index contributed by atoms with van der Waals surface area (Å²) < 4.78 is 4.93. The van der Waals surface area contributed by atoms with Crippen molar-refractivity contribution < 1.29 is 9.84 Å². The minimum Gasteiger partial charge on any atom is -0.389 e. The number of aromatic nitrogens is 2. The minimum absolute atomic E-state index is 0.0976. The van der Waals surface area contributed by atoms with Crippen LogP contribution in [0.4, 0.5) is 0 Å². The number of aryl methyl sites for hydroxylation is 2. The first kappa shape index (κ1) is 17.1. The van der Waals surface area contributed by atoms with Gasteiger partial charge in [0.25, 0.3) is 5.56 Å². The number of aromatic amines is 1. The number of rotatable bonds is 6. The first-order chi connectivity index (χ1) is 10.3. The maximum Gasteiger partial charge on any atom is 0.259 e. The van der Waals surface area contributed by atoms with Crippen molar-refractivity contribution in [2.45, 2.75) is 32.9 Å². The molecule has 0 saturated carbocycles. The summed E-state index contributed by atoms with van der Waals surface area (Å²) in [5.74, 6) is 0.617. The fourth-order valence-electron chi connectivity index (χ4n) is 2.41. The fourth-order valence-corrected chi connectivity index (χ4v) is 3.45. The van der Waals surface area contributed by atoms with Crippen LogP contribution < -0.4 is 5.56 Å². The van der Waals surface area contributed by atoms with Crippen molar-refractivity contribution in [1.29, 1.82) is 0 Å². The highest BCUT2D eigenvalue weighted by molar-refractivity contribution is 7.18. The van der Waals surface area contributed by atoms with E-state index in [0.717, 1.165) is 15.3 Å². The van der Waals surface area contributed by atoms with E-state index in [1.807, 2.05) is 32.7 Å². The van der Waals surface area contributed by atoms with Crippen LogP contribution in [0.1, 0.15) is 29.2 Å². The SMILES string of the molecule is COCC(O)CN(C)C(C)c1nc2sc(C)c(C)c2c(=O)[nH]1. The van der Waals surface area contributed by atoms with Crippen molar-refractivity contribution in [2.75, 3.05) is 27.3 Å². The maximum absolute atomic E-state index is 12.3. The lowest BCUT2D eigenvalue weighted by Gasteiger charge is -2.25. The number of nitrogens with one attached hydrogen (secondary N) is 1. The number of H-pyrrole nitrogens is 1. The summed E-state index contributed by atoms with van der Waals surface area (Å²) in [6, 6.07) is -0.105. The second kappa shape index (κ2) is 6.87. The smallest absolute Gasteiger partial charge is 0.259 e. The molecule has 7 heteroatoms. The van der Waals surface area contributed by atoms with E-state index in [-0.39, 0.29) is 18.2 Å². The van der Waals surface area contributed by atoms with Crippen molar-refractivity contribution in [2.24, 2.45) is 0 Å². The lowest BCUT2D eigenvalue weighted by atomic mass is 10.2. The normalized spacial score (nSPS) is 14.7. The van der Waals surface area contributed by atoms with Crippen LogP contribution in [-0.2, 0) is 4.74 Å². The lowest BCUT2D eigenvalue weighted by Crippen LogP contribution is -2.35. The summed E-state index contributed by atoms with van der Waals surface area (Å²) in [5, 5.41) is 10.5. The predicted molar refractivity (Wildman–Crippen MR) is 88.6 cm³/mol. The van der Waals surface area contributed by atoms with E-state index in [0.29, 0.717) is 17.8 Å². The molecule has 2 aromatic rings. The second-order valence-corrected chi connectivity index (χ2v) is 6.84. The largest absolute Gasteiger partial charge is 0.389 e. The molecule has 0 aliphatic carbocycles. The van der Waals surface area contributed by atoms with E-state index >= 15 is 0 Å². The molecule has 0 amide bonds. The monoisotopic (exact) mass is 325 g/mol. The summed E-state index contributed by atoms with van der Waals surface area (Å²) in [7, 11) is 3.44. The molecule has 2 rings (SSSR count). The molecular weight excluding hydrogens is 302 g/mol. The Kier molecular flexibility index (Phi) is 5.33. The molecule has 6 nitrogen and oxygen atoms in total. The van der Waals surface area contributed by atoms with Crippen molar-refractivity contribution >= 4 is 21.6 Å². The molecule has 0 bridgehead atoms. The minimum atomic E-state index is -0.570. The first-order valence-electron chi connectivity index (χ1n) is 7.22. The van der Waals surface area contributed by atoms with Gasteiger partial charge in [0.2, 0.25) is 0 Å². The summed E-state index contributed by atoms with van der Waals surface area (Å²) >= 11 is 1.54. The number of likely N-dealkylation sites (N-methyl/N-ethyl adjacent to an activating group) is 1. The van der Waals surface area contributed by atoms with E-state index in [9.17, 15) is 9.90 Å². The number of ether oxygens (including phenoxy) is 1. The summed E-state index contributed by atoms with van der Waals surface area (Å²) in [4.78, 5) is 23.6. The van der Waals surface area contributed by atoms with Crippen LogP contribution in [0.5, 0.6) is 0 Å². The van der Waals surface area contributed by atoms with Crippen LogP contribution in [0.25, 0.3) is 10.2 Å². The third kappa shape index (κ3) is 3.38. The number of fused-ring (bicyclic) bond motifs is 1. The molecule has 2 N–H and O–H groups in total. The van der Waals surface area contributed by atoms with E-state index in [1.165, 1.54) is 11.3 Å². The van der Waals surface area contributed by atoms with E-state index < -0.39 is 6.10 Å². The van der Waals surface area contributed by atoms with E-state index in [2.05, 4.69) is 9.97 Å². The first-order valence-corrected chi connectivity index (χ1v) is 8.04. The zero-order valence-corrected chi connectivity index (χ0v) is 14.5. The van der Waals surface area contributed by atoms with Gasteiger partial charge in [-0.2, -0.15) is 0 Å². The van der Waals surface area contributed by atoms with Gasteiger partial charge in [-0.05, 0) is 33.4 Å². The number of thiophene rings is 1. The van der Waals surface area contributed by atoms with Crippen molar-refractivity contribution in [1.82, 2.24) is 14.9 Å². The van der Waals surface area contributed by atoms with E-state index in [1.54, 1.807) is 7.11 Å².